The zero-order valence-corrected chi connectivity index (χ0v) is 16.5. The van der Waals surface area contributed by atoms with Crippen LogP contribution in [0.3, 0.4) is 0 Å². The Morgan fingerprint density at radius 3 is 2.21 bits per heavy atom. The predicted octanol–water partition coefficient (Wildman–Crippen LogP) is 2.64. The van der Waals surface area contributed by atoms with Gasteiger partial charge in [0.25, 0.3) is 0 Å². The molecule has 1 atom stereocenters. The maximum Gasteiger partial charge on any atom is 0.313 e. The molecule has 2 aromatic rings. The summed E-state index contributed by atoms with van der Waals surface area (Å²) >= 11 is 0. The summed E-state index contributed by atoms with van der Waals surface area (Å²) in [5.74, 6) is -1.26. The molecule has 2 aromatic carbocycles. The average Bonchev–Trinajstić information content (AvgIpc) is 3.23. The minimum Gasteiger partial charge on any atom is -0.378 e. The van der Waals surface area contributed by atoms with E-state index >= 15 is 0 Å². The molecule has 6 heteroatoms. The number of hydrogen-bond acceptors (Lipinski definition) is 4. The number of hydrogen-bond donors (Lipinski definition) is 2. The van der Waals surface area contributed by atoms with E-state index in [1.54, 1.807) is 12.1 Å². The van der Waals surface area contributed by atoms with Gasteiger partial charge in [-0.15, -0.1) is 0 Å². The number of carbonyl (C=O) groups is 2. The molecule has 0 radical (unpaired) electrons. The number of benzene rings is 2. The van der Waals surface area contributed by atoms with Crippen LogP contribution < -0.4 is 15.5 Å². The summed E-state index contributed by atoms with van der Waals surface area (Å²) in [5.41, 5.74) is 2.89. The number of rotatable bonds is 6. The summed E-state index contributed by atoms with van der Waals surface area (Å²) in [6, 6.07) is 17.4. The first-order valence-corrected chi connectivity index (χ1v) is 9.70. The molecule has 1 fully saturated rings. The van der Waals surface area contributed by atoms with E-state index in [1.165, 1.54) is 0 Å². The van der Waals surface area contributed by atoms with Gasteiger partial charge in [0.05, 0.1) is 6.04 Å². The average molecular weight is 380 g/mol. The zero-order valence-electron chi connectivity index (χ0n) is 16.5. The highest BCUT2D eigenvalue weighted by molar-refractivity contribution is 6.39. The molecule has 1 aliphatic heterocycles. The van der Waals surface area contributed by atoms with Gasteiger partial charge in [0.15, 0.2) is 0 Å². The van der Waals surface area contributed by atoms with Crippen LogP contribution in [-0.2, 0) is 9.59 Å². The summed E-state index contributed by atoms with van der Waals surface area (Å²) in [4.78, 5) is 28.9. The normalized spacial score (nSPS) is 15.1. The smallest absolute Gasteiger partial charge is 0.313 e. The van der Waals surface area contributed by atoms with Crippen LogP contribution in [0.4, 0.5) is 11.4 Å². The number of anilines is 2. The minimum absolute atomic E-state index is 0.0622. The molecule has 148 valence electrons. The van der Waals surface area contributed by atoms with Crippen molar-refractivity contribution < 1.29 is 9.59 Å². The topological polar surface area (TPSA) is 64.7 Å². The van der Waals surface area contributed by atoms with Crippen molar-refractivity contribution in [3.05, 3.63) is 60.2 Å². The fraction of sp³-hybridized carbons (Fsp3) is 0.364. The second kappa shape index (κ2) is 9.37. The van der Waals surface area contributed by atoms with Crippen molar-refractivity contribution >= 4 is 23.2 Å². The number of nitrogens with zero attached hydrogens (tertiary/aromatic N) is 2. The van der Waals surface area contributed by atoms with Gasteiger partial charge in [-0.3, -0.25) is 14.5 Å². The van der Waals surface area contributed by atoms with E-state index in [1.807, 2.05) is 32.3 Å². The highest BCUT2D eigenvalue weighted by Gasteiger charge is 2.25. The number of likely N-dealkylation sites (tertiary alicyclic amines) is 1. The van der Waals surface area contributed by atoms with Crippen molar-refractivity contribution in [3.63, 3.8) is 0 Å². The van der Waals surface area contributed by atoms with Crippen LogP contribution in [0.1, 0.15) is 24.4 Å². The Morgan fingerprint density at radius 2 is 1.61 bits per heavy atom. The minimum atomic E-state index is -0.644. The molecule has 1 heterocycles. The van der Waals surface area contributed by atoms with Gasteiger partial charge in [-0.25, -0.2) is 0 Å². The van der Waals surface area contributed by atoms with Crippen molar-refractivity contribution in [2.75, 3.05) is 43.9 Å². The molecule has 1 aliphatic rings. The molecule has 0 aliphatic carbocycles. The summed E-state index contributed by atoms with van der Waals surface area (Å²) in [6.07, 6.45) is 2.32. The maximum absolute atomic E-state index is 12.3. The van der Waals surface area contributed by atoms with E-state index in [2.05, 4.69) is 44.7 Å². The molecule has 2 N–H and O–H groups in total. The third-order valence-electron chi connectivity index (χ3n) is 5.07. The third kappa shape index (κ3) is 5.10. The molecule has 0 bridgehead atoms. The van der Waals surface area contributed by atoms with Crippen molar-refractivity contribution in [1.82, 2.24) is 10.2 Å². The van der Waals surface area contributed by atoms with Crippen LogP contribution in [0.25, 0.3) is 0 Å². The van der Waals surface area contributed by atoms with E-state index in [9.17, 15) is 9.59 Å². The predicted molar refractivity (Wildman–Crippen MR) is 112 cm³/mol. The maximum atomic E-state index is 12.3. The molecular formula is C22H28N4O2. The second-order valence-electron chi connectivity index (χ2n) is 7.28. The van der Waals surface area contributed by atoms with Crippen LogP contribution >= 0.6 is 0 Å². The van der Waals surface area contributed by atoms with Gasteiger partial charge in [0.2, 0.25) is 0 Å². The quantitative estimate of drug-likeness (QED) is 0.757. The summed E-state index contributed by atoms with van der Waals surface area (Å²) in [7, 11) is 4.02. The largest absolute Gasteiger partial charge is 0.378 e. The first kappa shape index (κ1) is 19.9. The first-order chi connectivity index (χ1) is 13.5. The highest BCUT2D eigenvalue weighted by atomic mass is 16.2. The lowest BCUT2D eigenvalue weighted by Gasteiger charge is -2.28. The molecule has 6 nitrogen and oxygen atoms in total. The summed E-state index contributed by atoms with van der Waals surface area (Å²) in [6.45, 7) is 2.42. The number of carbonyl (C=O) groups excluding carboxylic acids is 2. The SMILES string of the molecule is CN(C)c1ccc([C@H](CNC(=O)C(=O)Nc2ccccc2)N2CCCC2)cc1. The van der Waals surface area contributed by atoms with Crippen molar-refractivity contribution in [2.45, 2.75) is 18.9 Å². The van der Waals surface area contributed by atoms with Gasteiger partial charge in [-0.1, -0.05) is 30.3 Å². The zero-order chi connectivity index (χ0) is 19.9. The Kier molecular flexibility index (Phi) is 6.66. The van der Waals surface area contributed by atoms with Crippen molar-refractivity contribution in [1.29, 1.82) is 0 Å². The Labute approximate surface area is 166 Å². The molecule has 1 saturated heterocycles. The van der Waals surface area contributed by atoms with Gasteiger partial charge < -0.3 is 15.5 Å². The van der Waals surface area contributed by atoms with Crippen LogP contribution in [0.5, 0.6) is 0 Å². The molecule has 28 heavy (non-hydrogen) atoms. The van der Waals surface area contributed by atoms with Crippen LogP contribution in [0.15, 0.2) is 54.6 Å². The Morgan fingerprint density at radius 1 is 0.964 bits per heavy atom. The molecule has 0 unspecified atom stereocenters. The van der Waals surface area contributed by atoms with Crippen molar-refractivity contribution in [2.24, 2.45) is 0 Å². The molecule has 2 amide bonds. The Bertz CT molecular complexity index is 784. The molecule has 0 aromatic heterocycles. The van der Waals surface area contributed by atoms with E-state index in [4.69, 9.17) is 0 Å². The van der Waals surface area contributed by atoms with Crippen LogP contribution in [0.2, 0.25) is 0 Å². The Balaban J connectivity index is 1.64. The number of para-hydroxylation sites is 1. The van der Waals surface area contributed by atoms with Gasteiger partial charge in [0.1, 0.15) is 0 Å². The van der Waals surface area contributed by atoms with Gasteiger partial charge in [-0.2, -0.15) is 0 Å². The first-order valence-electron chi connectivity index (χ1n) is 9.70. The molecule has 0 saturated carbocycles. The number of amides is 2. The lowest BCUT2D eigenvalue weighted by atomic mass is 10.0. The number of nitrogens with one attached hydrogen (secondary N) is 2. The Hall–Kier alpha value is -2.86. The third-order valence-corrected chi connectivity index (χ3v) is 5.07. The standard InChI is InChI=1S/C22H28N4O2/c1-25(2)19-12-10-17(11-13-19)20(26-14-6-7-15-26)16-23-21(27)22(28)24-18-8-4-3-5-9-18/h3-5,8-13,20H,6-7,14-16H2,1-2H3,(H,23,27)(H,24,28)/t20-/m0/s1. The fourth-order valence-electron chi connectivity index (χ4n) is 3.48. The van der Waals surface area contributed by atoms with E-state index < -0.39 is 11.8 Å². The highest BCUT2D eigenvalue weighted by Crippen LogP contribution is 2.26. The van der Waals surface area contributed by atoms with Gasteiger partial charge in [0, 0.05) is 32.0 Å². The molecule has 0 spiro atoms. The van der Waals surface area contributed by atoms with Crippen LogP contribution in [-0.4, -0.2) is 50.4 Å². The van der Waals surface area contributed by atoms with E-state index in [-0.39, 0.29) is 6.04 Å². The monoisotopic (exact) mass is 380 g/mol. The van der Waals surface area contributed by atoms with Gasteiger partial charge >= 0.3 is 11.8 Å². The molecular weight excluding hydrogens is 352 g/mol. The molecule has 3 rings (SSSR count). The van der Waals surface area contributed by atoms with E-state index in [0.29, 0.717) is 12.2 Å². The van der Waals surface area contributed by atoms with Crippen LogP contribution in [0, 0.1) is 0 Å². The summed E-state index contributed by atoms with van der Waals surface area (Å²) in [5, 5.41) is 5.44. The lowest BCUT2D eigenvalue weighted by Crippen LogP contribution is -2.41. The lowest BCUT2D eigenvalue weighted by molar-refractivity contribution is -0.136. The fourth-order valence-corrected chi connectivity index (χ4v) is 3.48. The van der Waals surface area contributed by atoms with E-state index in [0.717, 1.165) is 37.2 Å². The van der Waals surface area contributed by atoms with Gasteiger partial charge in [-0.05, 0) is 55.8 Å². The second-order valence-corrected chi connectivity index (χ2v) is 7.28. The van der Waals surface area contributed by atoms with Crippen molar-refractivity contribution in [3.8, 4) is 0 Å². The summed E-state index contributed by atoms with van der Waals surface area (Å²) < 4.78 is 0.